The lowest BCUT2D eigenvalue weighted by Crippen LogP contribution is -2.37. The number of hydrogen-bond acceptors (Lipinski definition) is 6. The van der Waals surface area contributed by atoms with Crippen molar-refractivity contribution in [3.63, 3.8) is 0 Å². The molecule has 7 nitrogen and oxygen atoms in total. The third kappa shape index (κ3) is 3.80. The number of rotatable bonds is 5. The molecule has 0 aliphatic carbocycles. The molecule has 1 fully saturated rings. The van der Waals surface area contributed by atoms with E-state index in [1.165, 1.54) is 0 Å². The van der Waals surface area contributed by atoms with E-state index in [0.29, 0.717) is 13.0 Å². The maximum atomic E-state index is 11.3. The van der Waals surface area contributed by atoms with Crippen molar-refractivity contribution in [1.29, 1.82) is 0 Å². The van der Waals surface area contributed by atoms with Crippen LogP contribution in [0.25, 0.3) is 0 Å². The molecule has 0 atom stereocenters. The summed E-state index contributed by atoms with van der Waals surface area (Å²) in [5.41, 5.74) is 0. The Labute approximate surface area is 118 Å². The normalized spacial score (nSPS) is 15.0. The van der Waals surface area contributed by atoms with E-state index in [9.17, 15) is 4.79 Å². The van der Waals surface area contributed by atoms with Gasteiger partial charge in [-0.3, -0.25) is 4.79 Å². The number of ether oxygens (including phenoxy) is 1. The summed E-state index contributed by atoms with van der Waals surface area (Å²) < 4.78 is 5.34. The Hall–Kier alpha value is -1.89. The van der Waals surface area contributed by atoms with Gasteiger partial charge in [-0.05, 0) is 0 Å². The average molecular weight is 279 g/mol. The average Bonchev–Trinajstić information content (AvgIpc) is 2.53. The van der Waals surface area contributed by atoms with Gasteiger partial charge in [-0.2, -0.15) is 0 Å². The fourth-order valence-corrected chi connectivity index (χ4v) is 2.02. The van der Waals surface area contributed by atoms with Crippen molar-refractivity contribution < 1.29 is 9.53 Å². The summed E-state index contributed by atoms with van der Waals surface area (Å²) in [5, 5.41) is 2.61. The minimum atomic E-state index is 0.0271. The van der Waals surface area contributed by atoms with Gasteiger partial charge in [0.1, 0.15) is 18.0 Å². The smallest absolute Gasteiger partial charge is 0.221 e. The minimum Gasteiger partial charge on any atom is -0.378 e. The number of carbonyl (C=O) groups is 1. The molecule has 0 aromatic carbocycles. The Morgan fingerprint density at radius 2 is 2.20 bits per heavy atom. The van der Waals surface area contributed by atoms with Gasteiger partial charge < -0.3 is 19.9 Å². The number of nitrogens with one attached hydrogen (secondary N) is 1. The molecule has 110 valence electrons. The lowest BCUT2D eigenvalue weighted by Gasteiger charge is -2.28. The Bertz CT molecular complexity index is 448. The van der Waals surface area contributed by atoms with E-state index in [2.05, 4.69) is 20.2 Å². The maximum absolute atomic E-state index is 11.3. The van der Waals surface area contributed by atoms with Crippen LogP contribution in [0.2, 0.25) is 0 Å². The second-order valence-electron chi connectivity index (χ2n) is 4.68. The molecule has 0 unspecified atom stereocenters. The van der Waals surface area contributed by atoms with Crippen LogP contribution in [-0.4, -0.2) is 62.8 Å². The van der Waals surface area contributed by atoms with E-state index < -0.39 is 0 Å². The van der Waals surface area contributed by atoms with Gasteiger partial charge in [0.05, 0.1) is 13.2 Å². The lowest BCUT2D eigenvalue weighted by atomic mass is 10.3. The quantitative estimate of drug-likeness (QED) is 0.810. The molecule has 0 radical (unpaired) electrons. The molecule has 0 bridgehead atoms. The molecule has 1 aromatic heterocycles. The molecule has 7 heteroatoms. The maximum Gasteiger partial charge on any atom is 0.221 e. The Balaban J connectivity index is 1.99. The molecular weight excluding hydrogens is 258 g/mol. The van der Waals surface area contributed by atoms with Crippen LogP contribution in [0.1, 0.15) is 6.42 Å². The molecule has 0 saturated carbocycles. The molecule has 1 aliphatic rings. The zero-order chi connectivity index (χ0) is 14.4. The number of aromatic nitrogens is 2. The summed E-state index contributed by atoms with van der Waals surface area (Å²) in [6, 6.07) is 1.95. The fourth-order valence-electron chi connectivity index (χ4n) is 2.02. The van der Waals surface area contributed by atoms with Gasteiger partial charge >= 0.3 is 0 Å². The molecule has 1 aromatic rings. The second-order valence-corrected chi connectivity index (χ2v) is 4.68. The van der Waals surface area contributed by atoms with E-state index in [-0.39, 0.29) is 5.91 Å². The highest BCUT2D eigenvalue weighted by molar-refractivity contribution is 5.76. The highest BCUT2D eigenvalue weighted by atomic mass is 16.5. The molecule has 1 N–H and O–H groups in total. The molecule has 0 spiro atoms. The number of carbonyl (C=O) groups excluding carboxylic acids is 1. The number of morpholine rings is 1. The van der Waals surface area contributed by atoms with Gasteiger partial charge in [-0.25, -0.2) is 9.97 Å². The van der Waals surface area contributed by atoms with Crippen LogP contribution in [0, 0.1) is 0 Å². The largest absolute Gasteiger partial charge is 0.378 e. The Kier molecular flexibility index (Phi) is 5.11. The van der Waals surface area contributed by atoms with Crippen LogP contribution in [0.5, 0.6) is 0 Å². The standard InChI is InChI=1S/C13H21N5O2/c1-14-13(19)3-4-17(2)11-9-12(16-10-15-11)18-5-7-20-8-6-18/h9-10H,3-8H2,1-2H3,(H,14,19). The molecule has 1 saturated heterocycles. The van der Waals surface area contributed by atoms with Crippen LogP contribution in [0.3, 0.4) is 0 Å². The molecule has 2 heterocycles. The van der Waals surface area contributed by atoms with Crippen molar-refractivity contribution in [2.75, 3.05) is 56.7 Å². The van der Waals surface area contributed by atoms with Crippen molar-refractivity contribution in [2.24, 2.45) is 0 Å². The molecule has 1 amide bonds. The number of nitrogens with zero attached hydrogens (tertiary/aromatic N) is 4. The van der Waals surface area contributed by atoms with Crippen LogP contribution in [-0.2, 0) is 9.53 Å². The van der Waals surface area contributed by atoms with Crippen molar-refractivity contribution in [2.45, 2.75) is 6.42 Å². The van der Waals surface area contributed by atoms with E-state index in [1.807, 2.05) is 18.0 Å². The summed E-state index contributed by atoms with van der Waals surface area (Å²) in [4.78, 5) is 24.0. The zero-order valence-corrected chi connectivity index (χ0v) is 12.0. The van der Waals surface area contributed by atoms with E-state index >= 15 is 0 Å². The predicted octanol–water partition coefficient (Wildman–Crippen LogP) is -0.114. The molecule has 20 heavy (non-hydrogen) atoms. The first-order valence-electron chi connectivity index (χ1n) is 6.77. The van der Waals surface area contributed by atoms with E-state index in [0.717, 1.165) is 37.9 Å². The Morgan fingerprint density at radius 3 is 2.90 bits per heavy atom. The molecule has 1 aliphatic heterocycles. The first kappa shape index (κ1) is 14.5. The third-order valence-corrected chi connectivity index (χ3v) is 3.32. The summed E-state index contributed by atoms with van der Waals surface area (Å²) in [7, 11) is 3.57. The second kappa shape index (κ2) is 7.04. The van der Waals surface area contributed by atoms with Gasteiger partial charge in [-0.15, -0.1) is 0 Å². The van der Waals surface area contributed by atoms with Gasteiger partial charge in [0, 0.05) is 46.2 Å². The SMILES string of the molecule is CNC(=O)CCN(C)c1cc(N2CCOCC2)ncn1. The van der Waals surface area contributed by atoms with Crippen molar-refractivity contribution in [1.82, 2.24) is 15.3 Å². The predicted molar refractivity (Wildman–Crippen MR) is 77.0 cm³/mol. The first-order valence-corrected chi connectivity index (χ1v) is 6.77. The van der Waals surface area contributed by atoms with Crippen molar-refractivity contribution in [3.8, 4) is 0 Å². The van der Waals surface area contributed by atoms with Gasteiger partial charge in [0.2, 0.25) is 5.91 Å². The van der Waals surface area contributed by atoms with Crippen LogP contribution in [0.4, 0.5) is 11.6 Å². The fraction of sp³-hybridized carbons (Fsp3) is 0.615. The van der Waals surface area contributed by atoms with E-state index in [1.54, 1.807) is 13.4 Å². The molecular formula is C13H21N5O2. The number of amides is 1. The van der Waals surface area contributed by atoms with Crippen LogP contribution >= 0.6 is 0 Å². The Morgan fingerprint density at radius 1 is 1.45 bits per heavy atom. The van der Waals surface area contributed by atoms with Crippen molar-refractivity contribution >= 4 is 17.5 Å². The lowest BCUT2D eigenvalue weighted by molar-refractivity contribution is -0.120. The van der Waals surface area contributed by atoms with Gasteiger partial charge in [0.25, 0.3) is 0 Å². The summed E-state index contributed by atoms with van der Waals surface area (Å²) in [5.74, 6) is 1.76. The third-order valence-electron chi connectivity index (χ3n) is 3.32. The molecule has 2 rings (SSSR count). The van der Waals surface area contributed by atoms with Crippen LogP contribution in [0.15, 0.2) is 12.4 Å². The summed E-state index contributed by atoms with van der Waals surface area (Å²) in [6.07, 6.45) is 2.01. The van der Waals surface area contributed by atoms with Crippen molar-refractivity contribution in [3.05, 3.63) is 12.4 Å². The topological polar surface area (TPSA) is 70.6 Å². The minimum absolute atomic E-state index is 0.0271. The zero-order valence-electron chi connectivity index (χ0n) is 12.0. The number of hydrogen-bond donors (Lipinski definition) is 1. The van der Waals surface area contributed by atoms with Crippen LogP contribution < -0.4 is 15.1 Å². The highest BCUT2D eigenvalue weighted by Gasteiger charge is 2.14. The highest BCUT2D eigenvalue weighted by Crippen LogP contribution is 2.17. The van der Waals surface area contributed by atoms with Gasteiger partial charge in [0.15, 0.2) is 0 Å². The first-order chi connectivity index (χ1) is 9.70. The monoisotopic (exact) mass is 279 g/mol. The van der Waals surface area contributed by atoms with Gasteiger partial charge in [-0.1, -0.05) is 0 Å². The number of anilines is 2. The summed E-state index contributed by atoms with van der Waals surface area (Å²) >= 11 is 0. The van der Waals surface area contributed by atoms with E-state index in [4.69, 9.17) is 4.74 Å². The summed E-state index contributed by atoms with van der Waals surface area (Å²) in [6.45, 7) is 3.77.